The van der Waals surface area contributed by atoms with Crippen LogP contribution in [0.4, 0.5) is 5.82 Å². The van der Waals surface area contributed by atoms with E-state index in [0.29, 0.717) is 17.0 Å². The van der Waals surface area contributed by atoms with Gasteiger partial charge in [0, 0.05) is 10.3 Å². The van der Waals surface area contributed by atoms with Gasteiger partial charge >= 0.3 is 5.65 Å². The lowest BCUT2D eigenvalue weighted by Crippen LogP contribution is -2.02. The third kappa shape index (κ3) is 0.524. The number of aromatic nitrogens is 5. The Balaban J connectivity index is 2.95. The number of hydrogen-bond acceptors (Lipinski definition) is 4. The zero-order valence-corrected chi connectivity index (χ0v) is 5.00. The largest absolute Gasteiger partial charge is 0.379 e. The molecule has 6 heteroatoms. The van der Waals surface area contributed by atoms with E-state index in [1.54, 1.807) is 6.33 Å². The molecule has 0 amide bonds. The standard InChI is InChI=1S/C4H4N6/c5-3-2-4(7-1-6-2)9-10-8-3/h1H,(H3,5,6,7,8,9)/p+1. The van der Waals surface area contributed by atoms with Crippen molar-refractivity contribution in [1.82, 2.24) is 20.4 Å². The number of H-pyrrole nitrogens is 2. The Morgan fingerprint density at radius 3 is 3.20 bits per heavy atom. The first-order valence-electron chi connectivity index (χ1n) is 2.71. The lowest BCUT2D eigenvalue weighted by Gasteiger charge is -1.81. The van der Waals surface area contributed by atoms with Crippen LogP contribution in [-0.2, 0) is 0 Å². The molecule has 0 saturated carbocycles. The summed E-state index contributed by atoms with van der Waals surface area (Å²) in [4.78, 5) is 5.65. The number of fused-ring (bicyclic) bond motifs is 1. The van der Waals surface area contributed by atoms with Crippen molar-refractivity contribution >= 4 is 17.0 Å². The van der Waals surface area contributed by atoms with E-state index in [9.17, 15) is 0 Å². The zero-order chi connectivity index (χ0) is 6.97. The highest BCUT2D eigenvalue weighted by Gasteiger charge is 2.07. The van der Waals surface area contributed by atoms with E-state index >= 15 is 0 Å². The minimum absolute atomic E-state index is 0.353. The number of aromatic amines is 2. The van der Waals surface area contributed by atoms with Crippen LogP contribution >= 0.6 is 0 Å². The summed E-state index contributed by atoms with van der Waals surface area (Å²) in [5.74, 6) is 0.353. The molecular formula is C4H5N6+. The minimum atomic E-state index is 0.353. The van der Waals surface area contributed by atoms with Gasteiger partial charge in [0.1, 0.15) is 0 Å². The molecule has 0 aliphatic carbocycles. The van der Waals surface area contributed by atoms with Crippen LogP contribution in [0.3, 0.4) is 0 Å². The number of anilines is 1. The van der Waals surface area contributed by atoms with Crippen LogP contribution in [0.15, 0.2) is 6.33 Å². The topological polar surface area (TPSA) is 94.6 Å². The van der Waals surface area contributed by atoms with E-state index in [1.165, 1.54) is 0 Å². The molecule has 2 aromatic rings. The Morgan fingerprint density at radius 1 is 1.50 bits per heavy atom. The fraction of sp³-hybridized carbons (Fsp3) is 0. The van der Waals surface area contributed by atoms with Gasteiger partial charge in [-0.25, -0.2) is 4.98 Å². The second-order valence-electron chi connectivity index (χ2n) is 1.83. The van der Waals surface area contributed by atoms with Crippen LogP contribution in [0.2, 0.25) is 0 Å². The molecule has 2 aromatic heterocycles. The second kappa shape index (κ2) is 1.63. The maximum absolute atomic E-state index is 5.44. The van der Waals surface area contributed by atoms with E-state index in [2.05, 4.69) is 25.4 Å². The van der Waals surface area contributed by atoms with Crippen molar-refractivity contribution in [2.75, 3.05) is 5.73 Å². The predicted molar refractivity (Wildman–Crippen MR) is 32.7 cm³/mol. The number of nitrogen functional groups attached to an aromatic ring is 1. The molecule has 0 bridgehead atoms. The first kappa shape index (κ1) is 5.10. The van der Waals surface area contributed by atoms with Gasteiger partial charge in [-0.1, -0.05) is 5.10 Å². The number of nitrogens with zero attached hydrogens (tertiary/aromatic N) is 3. The monoisotopic (exact) mass is 137 g/mol. The molecule has 0 fully saturated rings. The number of rotatable bonds is 0. The zero-order valence-electron chi connectivity index (χ0n) is 5.00. The van der Waals surface area contributed by atoms with Gasteiger partial charge < -0.3 is 5.73 Å². The lowest BCUT2D eigenvalue weighted by molar-refractivity contribution is -0.347. The van der Waals surface area contributed by atoms with Crippen molar-refractivity contribution in [2.24, 2.45) is 0 Å². The molecule has 0 spiro atoms. The molecule has 0 radical (unpaired) electrons. The van der Waals surface area contributed by atoms with Crippen molar-refractivity contribution in [3.63, 3.8) is 0 Å². The highest BCUT2D eigenvalue weighted by Crippen LogP contribution is 2.05. The van der Waals surface area contributed by atoms with Crippen LogP contribution in [-0.4, -0.2) is 20.4 Å². The summed E-state index contributed by atoms with van der Waals surface area (Å²) in [6.07, 6.45) is 1.62. The Kier molecular flexibility index (Phi) is 0.830. The molecule has 4 N–H and O–H groups in total. The normalized spacial score (nSPS) is 10.4. The lowest BCUT2D eigenvalue weighted by atomic mass is 10.5. The summed E-state index contributed by atoms with van der Waals surface area (Å²) < 4.78 is 0. The van der Waals surface area contributed by atoms with E-state index in [-0.39, 0.29) is 0 Å². The molecule has 2 rings (SSSR count). The molecule has 0 atom stereocenters. The van der Waals surface area contributed by atoms with Crippen LogP contribution in [0.1, 0.15) is 0 Å². The van der Waals surface area contributed by atoms with E-state index < -0.39 is 0 Å². The maximum Gasteiger partial charge on any atom is 0.330 e. The number of hydrogen-bond donors (Lipinski definition) is 2. The fourth-order valence-corrected chi connectivity index (χ4v) is 0.757. The summed E-state index contributed by atoms with van der Waals surface area (Å²) in [7, 11) is 0. The average Bonchev–Trinajstić information content (AvgIpc) is 2.36. The Hall–Kier alpha value is -1.72. The molecule has 6 nitrogen and oxygen atoms in total. The van der Waals surface area contributed by atoms with Crippen LogP contribution in [0.5, 0.6) is 0 Å². The third-order valence-corrected chi connectivity index (χ3v) is 1.22. The smallest absolute Gasteiger partial charge is 0.330 e. The van der Waals surface area contributed by atoms with Crippen molar-refractivity contribution in [1.29, 1.82) is 0 Å². The van der Waals surface area contributed by atoms with Crippen LogP contribution in [0, 0.1) is 0 Å². The number of nitrogens with one attached hydrogen (secondary N) is 2. The highest BCUT2D eigenvalue weighted by molar-refractivity contribution is 5.76. The predicted octanol–water partition coefficient (Wildman–Crippen LogP) is -1.25. The highest BCUT2D eigenvalue weighted by atomic mass is 15.3. The second-order valence-corrected chi connectivity index (χ2v) is 1.83. The minimum Gasteiger partial charge on any atom is -0.379 e. The molecular weight excluding hydrogens is 132 g/mol. The molecule has 50 valence electrons. The van der Waals surface area contributed by atoms with Gasteiger partial charge in [0.25, 0.3) is 0 Å². The van der Waals surface area contributed by atoms with E-state index in [1.807, 2.05) is 0 Å². The summed E-state index contributed by atoms with van der Waals surface area (Å²) in [6, 6.07) is 0. The maximum atomic E-state index is 5.44. The molecule has 0 aliphatic rings. The quantitative estimate of drug-likeness (QED) is 0.474. The van der Waals surface area contributed by atoms with Crippen molar-refractivity contribution in [3.8, 4) is 0 Å². The van der Waals surface area contributed by atoms with Crippen molar-refractivity contribution in [3.05, 3.63) is 6.33 Å². The molecule has 10 heavy (non-hydrogen) atoms. The summed E-state index contributed by atoms with van der Waals surface area (Å²) in [5.41, 5.74) is 6.74. The number of nitrogens with two attached hydrogens (primary N) is 1. The van der Waals surface area contributed by atoms with E-state index in [0.717, 1.165) is 0 Å². The van der Waals surface area contributed by atoms with Crippen molar-refractivity contribution in [2.45, 2.75) is 0 Å². The SMILES string of the molecule is Nc1nnnc2[nH+]c[nH]c12. The summed E-state index contributed by atoms with van der Waals surface area (Å²) in [6.45, 7) is 0. The Bertz CT molecular complexity index is 351. The Morgan fingerprint density at radius 2 is 2.40 bits per heavy atom. The van der Waals surface area contributed by atoms with Gasteiger partial charge in [-0.2, -0.15) is 0 Å². The number of imidazole rings is 1. The van der Waals surface area contributed by atoms with Gasteiger partial charge in [-0.15, -0.1) is 0 Å². The first-order valence-corrected chi connectivity index (χ1v) is 2.71. The molecule has 0 aliphatic heterocycles. The van der Waals surface area contributed by atoms with Crippen LogP contribution < -0.4 is 10.7 Å². The molecule has 2 heterocycles. The van der Waals surface area contributed by atoms with Gasteiger partial charge in [-0.05, 0) is 0 Å². The first-order chi connectivity index (χ1) is 4.88. The molecule has 0 unspecified atom stereocenters. The van der Waals surface area contributed by atoms with Gasteiger partial charge in [0.05, 0.1) is 0 Å². The summed E-state index contributed by atoms with van der Waals surface area (Å²) >= 11 is 0. The molecule has 0 aromatic carbocycles. The Labute approximate surface area is 55.5 Å². The van der Waals surface area contributed by atoms with Crippen LogP contribution in [0.25, 0.3) is 11.2 Å². The fourth-order valence-electron chi connectivity index (χ4n) is 0.757. The van der Waals surface area contributed by atoms with Gasteiger partial charge in [0.2, 0.25) is 5.52 Å². The average molecular weight is 137 g/mol. The third-order valence-electron chi connectivity index (χ3n) is 1.22. The summed E-state index contributed by atoms with van der Waals surface area (Å²) in [5, 5.41) is 10.6. The van der Waals surface area contributed by atoms with Gasteiger partial charge in [-0.3, -0.25) is 4.98 Å². The van der Waals surface area contributed by atoms with Gasteiger partial charge in [0.15, 0.2) is 12.1 Å². The van der Waals surface area contributed by atoms with Crippen molar-refractivity contribution < 1.29 is 4.98 Å². The van der Waals surface area contributed by atoms with E-state index in [4.69, 9.17) is 5.73 Å². The molecule has 0 saturated heterocycles.